The molecule has 11 heteroatoms. The summed E-state index contributed by atoms with van der Waals surface area (Å²) in [5, 5.41) is 2.68. The molecule has 1 aliphatic heterocycles. The van der Waals surface area contributed by atoms with E-state index >= 15 is 0 Å². The molecule has 2 aromatic rings. The van der Waals surface area contributed by atoms with Crippen LogP contribution in [-0.2, 0) is 19.6 Å². The molecule has 9 nitrogen and oxygen atoms in total. The highest BCUT2D eigenvalue weighted by Crippen LogP contribution is 2.28. The lowest BCUT2D eigenvalue weighted by Crippen LogP contribution is -2.35. The van der Waals surface area contributed by atoms with Gasteiger partial charge in [-0.2, -0.15) is 4.31 Å². The largest absolute Gasteiger partial charge is 0.448 e. The molecule has 34 heavy (non-hydrogen) atoms. The molecule has 184 valence electrons. The average molecular weight is 510 g/mol. The van der Waals surface area contributed by atoms with E-state index in [1.807, 2.05) is 0 Å². The molecule has 0 aliphatic carbocycles. The number of ether oxygens (including phenoxy) is 1. The predicted molar refractivity (Wildman–Crippen MR) is 128 cm³/mol. The van der Waals surface area contributed by atoms with Gasteiger partial charge in [0.05, 0.1) is 15.6 Å². The molecule has 0 saturated carbocycles. The van der Waals surface area contributed by atoms with Crippen molar-refractivity contribution in [1.82, 2.24) is 9.29 Å². The Balaban J connectivity index is 1.74. The average Bonchev–Trinajstić information content (AvgIpc) is 3.09. The Hall–Kier alpha value is -2.69. The van der Waals surface area contributed by atoms with Crippen LogP contribution in [-0.4, -0.2) is 54.6 Å². The molecule has 1 aliphatic rings. The van der Waals surface area contributed by atoms with Crippen LogP contribution in [0.2, 0.25) is 5.02 Å². The summed E-state index contributed by atoms with van der Waals surface area (Å²) in [7, 11) is -3.72. The number of piperidine rings is 1. The van der Waals surface area contributed by atoms with E-state index in [-0.39, 0.29) is 27.1 Å². The molecule has 3 rings (SSSR count). The molecule has 2 N–H and O–H groups in total. The van der Waals surface area contributed by atoms with Gasteiger partial charge in [-0.15, -0.1) is 0 Å². The Kier molecular flexibility index (Phi) is 7.84. The second-order valence-electron chi connectivity index (χ2n) is 8.32. The lowest BCUT2D eigenvalue weighted by molar-refractivity contribution is -0.123. The number of anilines is 1. The number of aromatic nitrogens is 1. The van der Waals surface area contributed by atoms with E-state index in [9.17, 15) is 22.8 Å². The topological polar surface area (TPSA) is 126 Å². The summed E-state index contributed by atoms with van der Waals surface area (Å²) in [6.45, 7) is 6.97. The van der Waals surface area contributed by atoms with E-state index < -0.39 is 28.0 Å². The minimum absolute atomic E-state index is 0.0213. The number of Topliss-reactive ketones (excluding diaryl/α,β-unsaturated/α-hetero) is 1. The number of aromatic amines is 1. The molecule has 1 aromatic carbocycles. The Morgan fingerprint density at radius 1 is 1.15 bits per heavy atom. The number of H-pyrrole nitrogens is 1. The molecular formula is C23H28ClN3O6S. The summed E-state index contributed by atoms with van der Waals surface area (Å²) in [4.78, 5) is 39.9. The number of ketones is 1. The number of sulfonamides is 1. The van der Waals surface area contributed by atoms with Gasteiger partial charge in [0.1, 0.15) is 5.69 Å². The van der Waals surface area contributed by atoms with E-state index in [1.165, 1.54) is 36.4 Å². The lowest BCUT2D eigenvalue weighted by atomic mass is 10.1. The highest BCUT2D eigenvalue weighted by molar-refractivity contribution is 7.89. The second-order valence-corrected chi connectivity index (χ2v) is 10.7. The van der Waals surface area contributed by atoms with E-state index in [0.717, 1.165) is 19.3 Å². The number of hydrogen-bond acceptors (Lipinski definition) is 6. The first-order chi connectivity index (χ1) is 15.9. The quantitative estimate of drug-likeness (QED) is 0.431. The number of carbonyl (C=O) groups excluding carboxylic acids is 3. The van der Waals surface area contributed by atoms with Gasteiger partial charge in [0.25, 0.3) is 5.91 Å². The van der Waals surface area contributed by atoms with Crippen molar-refractivity contribution in [3.05, 3.63) is 45.7 Å². The molecule has 2 heterocycles. The van der Waals surface area contributed by atoms with Crippen LogP contribution >= 0.6 is 11.6 Å². The number of esters is 1. The first kappa shape index (κ1) is 25.9. The summed E-state index contributed by atoms with van der Waals surface area (Å²) in [5.41, 5.74) is 1.57. The number of benzene rings is 1. The van der Waals surface area contributed by atoms with Crippen molar-refractivity contribution in [2.75, 3.05) is 18.4 Å². The summed E-state index contributed by atoms with van der Waals surface area (Å²) in [6, 6.07) is 4.10. The number of aryl methyl sites for hydroxylation is 1. The fourth-order valence-electron chi connectivity index (χ4n) is 4.00. The third kappa shape index (κ3) is 5.34. The number of hydrogen-bond donors (Lipinski definition) is 2. The van der Waals surface area contributed by atoms with Crippen LogP contribution < -0.4 is 5.32 Å². The van der Waals surface area contributed by atoms with Crippen molar-refractivity contribution in [1.29, 1.82) is 0 Å². The number of rotatable bonds is 7. The fraction of sp³-hybridized carbons (Fsp3) is 0.435. The third-order valence-corrected chi connectivity index (χ3v) is 8.02. The molecule has 1 aromatic heterocycles. The van der Waals surface area contributed by atoms with Crippen molar-refractivity contribution >= 4 is 45.0 Å². The Bertz CT molecular complexity index is 1230. The standard InChI is InChI=1S/C23H28ClN3O6S/c1-13-20(15(3)28)14(2)25-21(13)23(30)33-16(4)22(29)26-19-12-17(8-9-18(19)24)34(31,32)27-10-6-5-7-11-27/h8-9,12,16,25H,5-7,10-11H2,1-4H3,(H,26,29)/t16-/m1/s1. The van der Waals surface area contributed by atoms with Crippen LogP contribution in [0.4, 0.5) is 5.69 Å². The number of carbonyl (C=O) groups is 3. The van der Waals surface area contributed by atoms with Crippen LogP contribution in [0.1, 0.15) is 65.2 Å². The van der Waals surface area contributed by atoms with E-state index in [4.69, 9.17) is 16.3 Å². The van der Waals surface area contributed by atoms with Crippen LogP contribution in [0.5, 0.6) is 0 Å². The first-order valence-electron chi connectivity index (χ1n) is 10.9. The van der Waals surface area contributed by atoms with Gasteiger partial charge < -0.3 is 15.0 Å². The fourth-order valence-corrected chi connectivity index (χ4v) is 5.71. The SMILES string of the molecule is CC(=O)c1c(C)[nH]c(C(=O)O[C@H](C)C(=O)Nc2cc(S(=O)(=O)N3CCCCC3)ccc2Cl)c1C. The van der Waals surface area contributed by atoms with Gasteiger partial charge in [0.15, 0.2) is 11.9 Å². The predicted octanol–water partition coefficient (Wildman–Crippen LogP) is 3.85. The smallest absolute Gasteiger partial charge is 0.355 e. The molecule has 1 saturated heterocycles. The zero-order valence-electron chi connectivity index (χ0n) is 19.5. The zero-order valence-corrected chi connectivity index (χ0v) is 21.1. The van der Waals surface area contributed by atoms with Crippen LogP contribution in [0.3, 0.4) is 0 Å². The molecule has 0 unspecified atom stereocenters. The van der Waals surface area contributed by atoms with Gasteiger partial charge in [0.2, 0.25) is 10.0 Å². The third-order valence-electron chi connectivity index (χ3n) is 5.80. The van der Waals surface area contributed by atoms with Crippen LogP contribution in [0.15, 0.2) is 23.1 Å². The van der Waals surface area contributed by atoms with Crippen LogP contribution in [0, 0.1) is 13.8 Å². The minimum Gasteiger partial charge on any atom is -0.448 e. The highest BCUT2D eigenvalue weighted by Gasteiger charge is 2.28. The maximum atomic E-state index is 13.0. The van der Waals surface area contributed by atoms with Gasteiger partial charge in [-0.1, -0.05) is 18.0 Å². The minimum atomic E-state index is -3.72. The van der Waals surface area contributed by atoms with Crippen molar-refractivity contribution in [2.24, 2.45) is 0 Å². The highest BCUT2D eigenvalue weighted by atomic mass is 35.5. The number of nitrogens with zero attached hydrogens (tertiary/aromatic N) is 1. The van der Waals surface area contributed by atoms with Crippen molar-refractivity contribution in [2.45, 2.75) is 58.0 Å². The Labute approximate surface area is 203 Å². The summed E-state index contributed by atoms with van der Waals surface area (Å²) in [5.74, 6) is -1.66. The second kappa shape index (κ2) is 10.3. The molecule has 1 fully saturated rings. The van der Waals surface area contributed by atoms with Crippen molar-refractivity contribution < 1.29 is 27.5 Å². The lowest BCUT2D eigenvalue weighted by Gasteiger charge is -2.26. The molecule has 1 atom stereocenters. The van der Waals surface area contributed by atoms with E-state index in [0.29, 0.717) is 29.9 Å². The Morgan fingerprint density at radius 2 is 1.79 bits per heavy atom. The van der Waals surface area contributed by atoms with Gasteiger partial charge in [-0.25, -0.2) is 13.2 Å². The van der Waals surface area contributed by atoms with Crippen molar-refractivity contribution in [3.8, 4) is 0 Å². The molecular weight excluding hydrogens is 482 g/mol. The van der Waals surface area contributed by atoms with Gasteiger partial charge in [-0.3, -0.25) is 9.59 Å². The van der Waals surface area contributed by atoms with Gasteiger partial charge in [0, 0.05) is 24.3 Å². The normalized spacial score (nSPS) is 15.6. The maximum absolute atomic E-state index is 13.0. The summed E-state index contributed by atoms with van der Waals surface area (Å²) < 4.78 is 32.6. The summed E-state index contributed by atoms with van der Waals surface area (Å²) >= 11 is 6.19. The molecule has 0 radical (unpaired) electrons. The number of amides is 1. The monoisotopic (exact) mass is 509 g/mol. The zero-order chi connectivity index (χ0) is 25.2. The molecule has 0 bridgehead atoms. The van der Waals surface area contributed by atoms with Crippen molar-refractivity contribution in [3.63, 3.8) is 0 Å². The van der Waals surface area contributed by atoms with Gasteiger partial charge in [-0.05, 0) is 64.3 Å². The van der Waals surface area contributed by atoms with Crippen LogP contribution in [0.25, 0.3) is 0 Å². The summed E-state index contributed by atoms with van der Waals surface area (Å²) in [6.07, 6.45) is 1.37. The Morgan fingerprint density at radius 3 is 2.38 bits per heavy atom. The number of halogens is 1. The molecule has 1 amide bonds. The van der Waals surface area contributed by atoms with E-state index in [2.05, 4.69) is 10.3 Å². The molecule has 0 spiro atoms. The van der Waals surface area contributed by atoms with Gasteiger partial charge >= 0.3 is 5.97 Å². The number of nitrogens with one attached hydrogen (secondary N) is 2. The maximum Gasteiger partial charge on any atom is 0.355 e. The van der Waals surface area contributed by atoms with E-state index in [1.54, 1.807) is 13.8 Å². The first-order valence-corrected chi connectivity index (χ1v) is 12.8.